The summed E-state index contributed by atoms with van der Waals surface area (Å²) in [6.45, 7) is 7.63. The van der Waals surface area contributed by atoms with Gasteiger partial charge in [-0.25, -0.2) is 9.59 Å². The molecular weight excluding hydrogens is 634 g/mol. The van der Waals surface area contributed by atoms with E-state index in [2.05, 4.69) is 35.9 Å². The summed E-state index contributed by atoms with van der Waals surface area (Å²) in [5, 5.41) is 15.4. The van der Waals surface area contributed by atoms with Gasteiger partial charge in [0.25, 0.3) is 0 Å². The smallest absolute Gasteiger partial charge is 0.407 e. The molecule has 0 radical (unpaired) electrons. The van der Waals surface area contributed by atoms with Crippen molar-refractivity contribution in [2.24, 2.45) is 5.92 Å². The SMILES string of the molecule is C=CCC[C@H](NC(=O)OCC1c2ccccc2-c2ccccc21)C(=O)OCCNC(=O)[C@H](CC=C)CC(=O)N1Cc2ccccc2C[C@H]1CO. The number of benzene rings is 3. The Labute approximate surface area is 293 Å². The van der Waals surface area contributed by atoms with Gasteiger partial charge >= 0.3 is 12.1 Å². The molecule has 3 amide bonds. The number of aliphatic hydroxyl groups is 1. The van der Waals surface area contributed by atoms with Crippen LogP contribution in [-0.4, -0.2) is 72.3 Å². The summed E-state index contributed by atoms with van der Waals surface area (Å²) in [7, 11) is 0. The van der Waals surface area contributed by atoms with Gasteiger partial charge in [0.15, 0.2) is 0 Å². The second-order valence-corrected chi connectivity index (χ2v) is 12.6. The van der Waals surface area contributed by atoms with E-state index in [-0.39, 0.29) is 69.4 Å². The van der Waals surface area contributed by atoms with Gasteiger partial charge in [0, 0.05) is 18.9 Å². The van der Waals surface area contributed by atoms with E-state index in [1.54, 1.807) is 17.1 Å². The van der Waals surface area contributed by atoms with Crippen molar-refractivity contribution in [2.75, 3.05) is 26.4 Å². The van der Waals surface area contributed by atoms with Gasteiger partial charge in [-0.05, 0) is 59.1 Å². The number of nitrogens with one attached hydrogen (secondary N) is 2. The lowest BCUT2D eigenvalue weighted by Crippen LogP contribution is -2.47. The van der Waals surface area contributed by atoms with E-state index in [9.17, 15) is 24.3 Å². The van der Waals surface area contributed by atoms with Gasteiger partial charge in [-0.3, -0.25) is 9.59 Å². The summed E-state index contributed by atoms with van der Waals surface area (Å²) in [5.41, 5.74) is 6.52. The highest BCUT2D eigenvalue weighted by atomic mass is 16.6. The number of carbonyl (C=O) groups is 4. The lowest BCUT2D eigenvalue weighted by Gasteiger charge is -2.36. The highest BCUT2D eigenvalue weighted by molar-refractivity contribution is 5.86. The third-order valence-corrected chi connectivity index (χ3v) is 9.35. The number of nitrogens with zero attached hydrogens (tertiary/aromatic N) is 1. The first-order valence-corrected chi connectivity index (χ1v) is 17.1. The number of alkyl carbamates (subject to hydrolysis) is 1. The molecule has 0 fully saturated rings. The van der Waals surface area contributed by atoms with Crippen LogP contribution in [-0.2, 0) is 36.8 Å². The van der Waals surface area contributed by atoms with E-state index in [4.69, 9.17) is 9.47 Å². The minimum Gasteiger partial charge on any atom is -0.462 e. The molecule has 5 rings (SSSR count). The Morgan fingerprint density at radius 1 is 0.900 bits per heavy atom. The third-order valence-electron chi connectivity index (χ3n) is 9.35. The van der Waals surface area contributed by atoms with Crippen LogP contribution in [0.25, 0.3) is 11.1 Å². The van der Waals surface area contributed by atoms with Crippen LogP contribution in [0.1, 0.15) is 53.9 Å². The minimum absolute atomic E-state index is 0.0158. The highest BCUT2D eigenvalue weighted by Gasteiger charge is 2.32. The Balaban J connectivity index is 1.09. The number of hydrogen-bond acceptors (Lipinski definition) is 7. The second kappa shape index (κ2) is 17.4. The fraction of sp³-hybridized carbons (Fsp3) is 0.350. The number of esters is 1. The van der Waals surface area contributed by atoms with Crippen LogP contribution >= 0.6 is 0 Å². The molecule has 262 valence electrons. The first kappa shape index (κ1) is 36.1. The maximum Gasteiger partial charge on any atom is 0.407 e. The topological polar surface area (TPSA) is 134 Å². The molecule has 3 atom stereocenters. The van der Waals surface area contributed by atoms with Gasteiger partial charge in [0.05, 0.1) is 25.1 Å². The van der Waals surface area contributed by atoms with Crippen molar-refractivity contribution in [1.29, 1.82) is 0 Å². The zero-order valence-electron chi connectivity index (χ0n) is 28.2. The summed E-state index contributed by atoms with van der Waals surface area (Å²) in [4.78, 5) is 54.0. The third kappa shape index (κ3) is 8.67. The molecular formula is C40H45N3O7. The Morgan fingerprint density at radius 3 is 2.22 bits per heavy atom. The minimum atomic E-state index is -0.973. The van der Waals surface area contributed by atoms with Crippen molar-refractivity contribution >= 4 is 23.9 Å². The second-order valence-electron chi connectivity index (χ2n) is 12.6. The average molecular weight is 680 g/mol. The van der Waals surface area contributed by atoms with Crippen LogP contribution in [0.5, 0.6) is 0 Å². The number of amides is 3. The summed E-state index contributed by atoms with van der Waals surface area (Å²) >= 11 is 0. The quantitative estimate of drug-likeness (QED) is 0.110. The van der Waals surface area contributed by atoms with E-state index >= 15 is 0 Å². The van der Waals surface area contributed by atoms with E-state index in [1.165, 1.54) is 0 Å². The molecule has 1 aliphatic heterocycles. The summed E-state index contributed by atoms with van der Waals surface area (Å²) in [5.74, 6) is -2.05. The van der Waals surface area contributed by atoms with Crippen molar-refractivity contribution in [3.8, 4) is 11.1 Å². The molecule has 2 aliphatic rings. The molecule has 0 aromatic heterocycles. The Hall–Kier alpha value is -5.22. The molecule has 0 unspecified atom stereocenters. The maximum atomic E-state index is 13.3. The first-order chi connectivity index (χ1) is 24.3. The molecule has 3 aromatic carbocycles. The largest absolute Gasteiger partial charge is 0.462 e. The molecule has 1 heterocycles. The molecule has 50 heavy (non-hydrogen) atoms. The molecule has 10 nitrogen and oxygen atoms in total. The van der Waals surface area contributed by atoms with Crippen LogP contribution < -0.4 is 10.6 Å². The fourth-order valence-electron chi connectivity index (χ4n) is 6.74. The molecule has 3 aromatic rings. The zero-order chi connectivity index (χ0) is 35.5. The lowest BCUT2D eigenvalue weighted by atomic mass is 9.92. The lowest BCUT2D eigenvalue weighted by molar-refractivity contribution is -0.146. The van der Waals surface area contributed by atoms with Crippen LogP contribution in [0.15, 0.2) is 98.1 Å². The molecule has 0 saturated heterocycles. The van der Waals surface area contributed by atoms with E-state index in [0.717, 1.165) is 33.4 Å². The highest BCUT2D eigenvalue weighted by Crippen LogP contribution is 2.44. The number of fused-ring (bicyclic) bond motifs is 4. The van der Waals surface area contributed by atoms with Crippen molar-refractivity contribution in [2.45, 2.75) is 56.7 Å². The number of hydrogen-bond donors (Lipinski definition) is 3. The predicted molar refractivity (Wildman–Crippen MR) is 190 cm³/mol. The van der Waals surface area contributed by atoms with Gasteiger partial charge < -0.3 is 30.1 Å². The van der Waals surface area contributed by atoms with Gasteiger partial charge in [0.1, 0.15) is 19.3 Å². The van der Waals surface area contributed by atoms with Crippen molar-refractivity contribution in [3.63, 3.8) is 0 Å². The standard InChI is InChI=1S/C40H45N3O7/c1-3-5-19-36(42-40(48)50-26-35-33-17-10-8-15-31(33)32-16-9-11-18-34(32)35)39(47)49-21-20-41-38(46)28(12-4-2)23-37(45)43-24-29-14-7-6-13-27(29)22-30(43)25-44/h3-4,6-11,13-18,28,30,35-36,44H,1-2,5,12,19-26H2,(H,41,46)(H,42,48)/t28-,30+,36+/m1/s1. The van der Waals surface area contributed by atoms with Crippen LogP contribution in [0, 0.1) is 5.92 Å². The number of ether oxygens (including phenoxy) is 2. The Kier molecular flexibility index (Phi) is 12.6. The molecule has 1 aliphatic carbocycles. The zero-order valence-corrected chi connectivity index (χ0v) is 28.2. The first-order valence-electron chi connectivity index (χ1n) is 17.1. The number of rotatable bonds is 16. The number of carbonyl (C=O) groups excluding carboxylic acids is 4. The number of allylic oxidation sites excluding steroid dienone is 2. The summed E-state index contributed by atoms with van der Waals surface area (Å²) in [6, 6.07) is 22.5. The maximum absolute atomic E-state index is 13.3. The fourth-order valence-corrected chi connectivity index (χ4v) is 6.74. The van der Waals surface area contributed by atoms with Crippen molar-refractivity contribution in [3.05, 3.63) is 120 Å². The molecule has 10 heteroatoms. The molecule has 0 saturated carbocycles. The van der Waals surface area contributed by atoms with E-state index in [1.807, 2.05) is 60.7 Å². The van der Waals surface area contributed by atoms with Gasteiger partial charge in [-0.2, -0.15) is 0 Å². The Bertz CT molecular complexity index is 1660. The number of aliphatic hydroxyl groups excluding tert-OH is 1. The van der Waals surface area contributed by atoms with E-state index in [0.29, 0.717) is 19.4 Å². The summed E-state index contributed by atoms with van der Waals surface area (Å²) < 4.78 is 11.0. The van der Waals surface area contributed by atoms with Crippen molar-refractivity contribution in [1.82, 2.24) is 15.5 Å². The average Bonchev–Trinajstić information content (AvgIpc) is 3.46. The van der Waals surface area contributed by atoms with Crippen LogP contribution in [0.2, 0.25) is 0 Å². The van der Waals surface area contributed by atoms with E-state index < -0.39 is 24.0 Å². The van der Waals surface area contributed by atoms with Gasteiger partial charge in [-0.15, -0.1) is 13.2 Å². The molecule has 0 bridgehead atoms. The normalized spacial score (nSPS) is 15.8. The monoisotopic (exact) mass is 679 g/mol. The molecule has 3 N–H and O–H groups in total. The summed E-state index contributed by atoms with van der Waals surface area (Å²) in [6.07, 6.45) is 3.99. The van der Waals surface area contributed by atoms with Gasteiger partial charge in [-0.1, -0.05) is 84.9 Å². The van der Waals surface area contributed by atoms with Crippen LogP contribution in [0.3, 0.4) is 0 Å². The van der Waals surface area contributed by atoms with Gasteiger partial charge in [0.2, 0.25) is 11.8 Å². The Morgan fingerprint density at radius 2 is 1.56 bits per heavy atom. The van der Waals surface area contributed by atoms with Crippen LogP contribution in [0.4, 0.5) is 4.79 Å². The predicted octanol–water partition coefficient (Wildman–Crippen LogP) is 5.05. The molecule has 0 spiro atoms. The van der Waals surface area contributed by atoms with Crippen molar-refractivity contribution < 1.29 is 33.8 Å².